The smallest absolute Gasteiger partial charge is 0.235 e. The summed E-state index contributed by atoms with van der Waals surface area (Å²) in [6.45, 7) is 2.43. The van der Waals surface area contributed by atoms with Gasteiger partial charge in [0.1, 0.15) is 5.54 Å². The molecule has 0 aromatic rings. The van der Waals surface area contributed by atoms with E-state index in [1.165, 1.54) is 19.3 Å². The number of piperidine rings is 1. The van der Waals surface area contributed by atoms with Crippen molar-refractivity contribution in [1.29, 1.82) is 5.26 Å². The maximum atomic E-state index is 12.3. The third-order valence-corrected chi connectivity index (χ3v) is 4.87. The Bertz CT molecular complexity index is 384. The number of hydrogen-bond donors (Lipinski definition) is 2. The molecule has 118 valence electrons. The summed E-state index contributed by atoms with van der Waals surface area (Å²) in [6, 6.07) is 2.83. The zero-order valence-electron chi connectivity index (χ0n) is 13.2. The van der Waals surface area contributed by atoms with Gasteiger partial charge in [0.2, 0.25) is 5.91 Å². The number of amides is 1. The fourth-order valence-corrected chi connectivity index (χ4v) is 3.64. The first-order valence-corrected chi connectivity index (χ1v) is 8.30. The van der Waals surface area contributed by atoms with Crippen LogP contribution in [0.4, 0.5) is 0 Å². The van der Waals surface area contributed by atoms with E-state index in [-0.39, 0.29) is 5.91 Å². The first kappa shape index (κ1) is 16.3. The summed E-state index contributed by atoms with van der Waals surface area (Å²) in [7, 11) is 1.97. The van der Waals surface area contributed by atoms with E-state index < -0.39 is 5.54 Å². The summed E-state index contributed by atoms with van der Waals surface area (Å²) in [6.07, 6.45) is 8.40. The third kappa shape index (κ3) is 4.42. The molecule has 0 bridgehead atoms. The predicted octanol–water partition coefficient (Wildman–Crippen LogP) is 1.40. The molecule has 2 fully saturated rings. The number of hydrogen-bond acceptors (Lipinski definition) is 4. The molecular weight excluding hydrogens is 264 g/mol. The molecule has 0 aromatic carbocycles. The molecule has 1 aliphatic carbocycles. The van der Waals surface area contributed by atoms with E-state index in [9.17, 15) is 10.1 Å². The highest BCUT2D eigenvalue weighted by Gasteiger charge is 2.36. The predicted molar refractivity (Wildman–Crippen MR) is 82.7 cm³/mol. The fraction of sp³-hybridized carbons (Fsp3) is 0.875. The average Bonchev–Trinajstić information content (AvgIpc) is 2.95. The molecule has 1 aliphatic heterocycles. The number of carbonyl (C=O) groups excluding carboxylic acids is 1. The van der Waals surface area contributed by atoms with E-state index in [1.807, 2.05) is 7.05 Å². The lowest BCUT2D eigenvalue weighted by Crippen LogP contribution is -2.51. The second-order valence-corrected chi connectivity index (χ2v) is 6.46. The number of rotatable bonds is 6. The van der Waals surface area contributed by atoms with E-state index in [0.717, 1.165) is 45.2 Å². The van der Waals surface area contributed by atoms with Crippen molar-refractivity contribution in [3.05, 3.63) is 0 Å². The van der Waals surface area contributed by atoms with Crippen LogP contribution < -0.4 is 10.6 Å². The highest BCUT2D eigenvalue weighted by Crippen LogP contribution is 2.29. The molecular formula is C16H28N4O. The van der Waals surface area contributed by atoms with Crippen LogP contribution in [0.3, 0.4) is 0 Å². The SMILES string of the molecule is CNCCC1CCCCN1CC(=O)NC1(C#N)CCCC1. The molecule has 1 heterocycles. The summed E-state index contributed by atoms with van der Waals surface area (Å²) in [5, 5.41) is 15.6. The standard InChI is InChI=1S/C16H28N4O/c1-18-10-7-14-6-2-5-11-20(14)12-15(21)19-16(13-17)8-3-4-9-16/h14,18H,2-12H2,1H3,(H,19,21). The summed E-state index contributed by atoms with van der Waals surface area (Å²) in [4.78, 5) is 14.6. The monoisotopic (exact) mass is 292 g/mol. The molecule has 5 nitrogen and oxygen atoms in total. The van der Waals surface area contributed by atoms with Crippen molar-refractivity contribution < 1.29 is 4.79 Å². The number of carbonyl (C=O) groups is 1. The Labute approximate surface area is 128 Å². The first-order chi connectivity index (χ1) is 10.2. The zero-order valence-corrected chi connectivity index (χ0v) is 13.2. The number of nitriles is 1. The molecule has 1 atom stereocenters. The van der Waals surface area contributed by atoms with Gasteiger partial charge in [0, 0.05) is 6.04 Å². The maximum Gasteiger partial charge on any atom is 0.235 e. The second-order valence-electron chi connectivity index (χ2n) is 6.46. The van der Waals surface area contributed by atoms with Gasteiger partial charge in [0.15, 0.2) is 0 Å². The molecule has 0 radical (unpaired) electrons. The summed E-state index contributed by atoms with van der Waals surface area (Å²) in [5.74, 6) is 0.0230. The molecule has 2 rings (SSSR count). The lowest BCUT2D eigenvalue weighted by Gasteiger charge is -2.36. The Morgan fingerprint density at radius 2 is 2.10 bits per heavy atom. The Kier molecular flexibility index (Phi) is 6.01. The van der Waals surface area contributed by atoms with Gasteiger partial charge in [-0.1, -0.05) is 6.42 Å². The van der Waals surface area contributed by atoms with Gasteiger partial charge >= 0.3 is 0 Å². The van der Waals surface area contributed by atoms with Gasteiger partial charge in [-0.25, -0.2) is 0 Å². The Balaban J connectivity index is 1.86. The number of likely N-dealkylation sites (tertiary alicyclic amines) is 1. The molecule has 2 N–H and O–H groups in total. The molecule has 1 saturated carbocycles. The van der Waals surface area contributed by atoms with E-state index in [2.05, 4.69) is 21.6 Å². The third-order valence-electron chi connectivity index (χ3n) is 4.87. The Morgan fingerprint density at radius 3 is 2.76 bits per heavy atom. The van der Waals surface area contributed by atoms with Crippen LogP contribution in [0.15, 0.2) is 0 Å². The summed E-state index contributed by atoms with van der Waals surface area (Å²) in [5.41, 5.74) is -0.590. The normalized spacial score (nSPS) is 25.4. The summed E-state index contributed by atoms with van der Waals surface area (Å²) < 4.78 is 0. The first-order valence-electron chi connectivity index (χ1n) is 8.30. The summed E-state index contributed by atoms with van der Waals surface area (Å²) >= 11 is 0. The molecule has 21 heavy (non-hydrogen) atoms. The van der Waals surface area contributed by atoms with Gasteiger partial charge in [0.05, 0.1) is 12.6 Å². The molecule has 0 spiro atoms. The van der Waals surface area contributed by atoms with E-state index in [4.69, 9.17) is 0 Å². The van der Waals surface area contributed by atoms with Crippen molar-refractivity contribution in [2.75, 3.05) is 26.7 Å². The Hall–Kier alpha value is -1.12. The number of nitrogens with zero attached hydrogens (tertiary/aromatic N) is 2. The van der Waals surface area contributed by atoms with Crippen molar-refractivity contribution in [3.63, 3.8) is 0 Å². The average molecular weight is 292 g/mol. The van der Waals surface area contributed by atoms with Crippen molar-refractivity contribution in [3.8, 4) is 6.07 Å². The maximum absolute atomic E-state index is 12.3. The van der Waals surface area contributed by atoms with Crippen LogP contribution in [0, 0.1) is 11.3 Å². The lowest BCUT2D eigenvalue weighted by molar-refractivity contribution is -0.124. The number of nitrogens with one attached hydrogen (secondary N) is 2. The minimum atomic E-state index is -0.590. The van der Waals surface area contributed by atoms with Gasteiger partial charge < -0.3 is 10.6 Å². The van der Waals surface area contributed by atoms with Crippen LogP contribution in [0.1, 0.15) is 51.4 Å². The molecule has 0 aromatic heterocycles. The highest BCUT2D eigenvalue weighted by molar-refractivity contribution is 5.79. The second kappa shape index (κ2) is 7.77. The Morgan fingerprint density at radius 1 is 1.33 bits per heavy atom. The van der Waals surface area contributed by atoms with Crippen LogP contribution in [0.2, 0.25) is 0 Å². The van der Waals surface area contributed by atoms with Crippen LogP contribution in [-0.4, -0.2) is 49.1 Å². The van der Waals surface area contributed by atoms with Crippen LogP contribution in [0.25, 0.3) is 0 Å². The van der Waals surface area contributed by atoms with Gasteiger partial charge in [-0.2, -0.15) is 5.26 Å². The molecule has 5 heteroatoms. The van der Waals surface area contributed by atoms with Gasteiger partial charge in [-0.15, -0.1) is 0 Å². The van der Waals surface area contributed by atoms with Crippen molar-refractivity contribution in [2.45, 2.75) is 62.9 Å². The van der Waals surface area contributed by atoms with Crippen LogP contribution in [-0.2, 0) is 4.79 Å². The van der Waals surface area contributed by atoms with Gasteiger partial charge in [-0.3, -0.25) is 9.69 Å². The quantitative estimate of drug-likeness (QED) is 0.776. The van der Waals surface area contributed by atoms with Gasteiger partial charge in [0.25, 0.3) is 0 Å². The van der Waals surface area contributed by atoms with Gasteiger partial charge in [-0.05, 0) is 65.1 Å². The largest absolute Gasteiger partial charge is 0.337 e. The fourth-order valence-electron chi connectivity index (χ4n) is 3.64. The van der Waals surface area contributed by atoms with Crippen LogP contribution in [0.5, 0.6) is 0 Å². The van der Waals surface area contributed by atoms with Crippen molar-refractivity contribution >= 4 is 5.91 Å². The zero-order chi connectivity index (χ0) is 15.1. The van der Waals surface area contributed by atoms with E-state index in [0.29, 0.717) is 12.6 Å². The van der Waals surface area contributed by atoms with Crippen LogP contribution >= 0.6 is 0 Å². The van der Waals surface area contributed by atoms with E-state index in [1.54, 1.807) is 0 Å². The van der Waals surface area contributed by atoms with E-state index >= 15 is 0 Å². The molecule has 1 unspecified atom stereocenters. The molecule has 1 amide bonds. The minimum Gasteiger partial charge on any atom is -0.337 e. The topological polar surface area (TPSA) is 68.2 Å². The van der Waals surface area contributed by atoms with Crippen molar-refractivity contribution in [2.24, 2.45) is 0 Å². The van der Waals surface area contributed by atoms with Crippen molar-refractivity contribution in [1.82, 2.24) is 15.5 Å². The highest BCUT2D eigenvalue weighted by atomic mass is 16.2. The molecule has 2 aliphatic rings. The lowest BCUT2D eigenvalue weighted by atomic mass is 9.98. The minimum absolute atomic E-state index is 0.0230. The molecule has 1 saturated heterocycles.